The van der Waals surface area contributed by atoms with E-state index in [0.717, 1.165) is 12.8 Å². The molecule has 0 atom stereocenters. The van der Waals surface area contributed by atoms with Crippen molar-refractivity contribution >= 4 is 58.8 Å². The lowest BCUT2D eigenvalue weighted by atomic mass is 9.92. The first-order valence-electron chi connectivity index (χ1n) is 9.10. The van der Waals surface area contributed by atoms with Gasteiger partial charge in [0.1, 0.15) is 0 Å². The second-order valence-corrected chi connectivity index (χ2v) is 10.4. The van der Waals surface area contributed by atoms with E-state index in [1.54, 1.807) is 0 Å². The summed E-state index contributed by atoms with van der Waals surface area (Å²) in [6, 6.07) is 22.3. The highest BCUT2D eigenvalue weighted by atomic mass is 79.9. The first kappa shape index (κ1) is 16.1. The van der Waals surface area contributed by atoms with E-state index in [1.165, 1.54) is 56.0 Å². The number of hydrogen-bond donors (Lipinski definition) is 0. The Bertz CT molecular complexity index is 1530. The SMILES string of the molecule is Brc1cc2c(s1)c1c(c3ccsc32)=c2c(CCc3ccccc3)cccc2=1. The topological polar surface area (TPSA) is 0 Å². The fraction of sp³-hybridized carbons (Fsp3) is 0.0833. The smallest absolute Gasteiger partial charge is 0.0711 e. The van der Waals surface area contributed by atoms with E-state index in [2.05, 4.69) is 82.0 Å². The van der Waals surface area contributed by atoms with Crippen LogP contribution in [0.5, 0.6) is 0 Å². The lowest BCUT2D eigenvalue weighted by Gasteiger charge is -2.13. The largest absolute Gasteiger partial charge is 0.143 e. The van der Waals surface area contributed by atoms with E-state index in [-0.39, 0.29) is 0 Å². The van der Waals surface area contributed by atoms with Crippen LogP contribution in [-0.2, 0) is 12.8 Å². The minimum Gasteiger partial charge on any atom is -0.143 e. The lowest BCUT2D eigenvalue weighted by Crippen LogP contribution is -2.00. The summed E-state index contributed by atoms with van der Waals surface area (Å²) in [4.78, 5) is 0. The third-order valence-corrected chi connectivity index (χ3v) is 8.16. The van der Waals surface area contributed by atoms with Gasteiger partial charge < -0.3 is 0 Å². The Hall–Kier alpha value is -1.94. The van der Waals surface area contributed by atoms with Crippen LogP contribution in [0.3, 0.4) is 0 Å². The van der Waals surface area contributed by atoms with Crippen molar-refractivity contribution in [3.05, 3.63) is 102 Å². The fourth-order valence-electron chi connectivity index (χ4n) is 4.37. The molecule has 0 saturated heterocycles. The van der Waals surface area contributed by atoms with Crippen molar-refractivity contribution in [2.45, 2.75) is 12.8 Å². The van der Waals surface area contributed by atoms with Gasteiger partial charge in [0.25, 0.3) is 0 Å². The van der Waals surface area contributed by atoms with Gasteiger partial charge in [0.05, 0.1) is 3.79 Å². The molecule has 0 spiro atoms. The molecule has 2 aromatic heterocycles. The Balaban J connectivity index is 1.65. The Labute approximate surface area is 172 Å². The van der Waals surface area contributed by atoms with Crippen LogP contribution in [-0.4, -0.2) is 0 Å². The molecule has 1 aliphatic carbocycles. The molecule has 0 bridgehead atoms. The lowest BCUT2D eigenvalue weighted by molar-refractivity contribution is 0.946. The van der Waals surface area contributed by atoms with Crippen molar-refractivity contribution in [3.63, 3.8) is 0 Å². The molecule has 0 unspecified atom stereocenters. The van der Waals surface area contributed by atoms with Crippen molar-refractivity contribution in [1.82, 2.24) is 0 Å². The zero-order valence-electron chi connectivity index (χ0n) is 14.5. The maximum absolute atomic E-state index is 3.71. The van der Waals surface area contributed by atoms with Crippen molar-refractivity contribution in [2.75, 3.05) is 0 Å². The van der Waals surface area contributed by atoms with Gasteiger partial charge in [-0.1, -0.05) is 48.5 Å². The highest BCUT2D eigenvalue weighted by Gasteiger charge is 2.17. The second kappa shape index (κ2) is 6.03. The number of aryl methyl sites for hydroxylation is 2. The van der Waals surface area contributed by atoms with E-state index in [0.29, 0.717) is 0 Å². The van der Waals surface area contributed by atoms with Crippen LogP contribution in [0.2, 0.25) is 0 Å². The van der Waals surface area contributed by atoms with Crippen molar-refractivity contribution in [3.8, 4) is 0 Å². The van der Waals surface area contributed by atoms with E-state index in [1.807, 2.05) is 22.7 Å². The van der Waals surface area contributed by atoms with Gasteiger partial charge in [0.2, 0.25) is 0 Å². The van der Waals surface area contributed by atoms with Crippen LogP contribution in [0.15, 0.2) is 69.8 Å². The summed E-state index contributed by atoms with van der Waals surface area (Å²) in [6.07, 6.45) is 2.18. The molecule has 0 nitrogen and oxygen atoms in total. The molecule has 5 aromatic rings. The number of rotatable bonds is 3. The molecule has 0 N–H and O–H groups in total. The third-order valence-electron chi connectivity index (χ3n) is 5.55. The van der Waals surface area contributed by atoms with E-state index in [9.17, 15) is 0 Å². The highest BCUT2D eigenvalue weighted by molar-refractivity contribution is 9.11. The molecule has 0 fully saturated rings. The summed E-state index contributed by atoms with van der Waals surface area (Å²) < 4.78 is 4.07. The minimum atomic E-state index is 1.09. The second-order valence-electron chi connectivity index (χ2n) is 7.03. The van der Waals surface area contributed by atoms with Gasteiger partial charge in [-0.05, 0) is 67.8 Å². The molecule has 6 rings (SSSR count). The molecule has 0 aliphatic heterocycles. The quantitative estimate of drug-likeness (QED) is 0.263. The molecule has 0 amide bonds. The molecule has 0 radical (unpaired) electrons. The van der Waals surface area contributed by atoms with E-state index >= 15 is 0 Å². The van der Waals surface area contributed by atoms with E-state index in [4.69, 9.17) is 0 Å². The van der Waals surface area contributed by atoms with Gasteiger partial charge in [-0.2, -0.15) is 0 Å². The molecule has 130 valence electrons. The highest BCUT2D eigenvalue weighted by Crippen LogP contribution is 2.41. The van der Waals surface area contributed by atoms with Gasteiger partial charge in [0.15, 0.2) is 0 Å². The summed E-state index contributed by atoms with van der Waals surface area (Å²) in [5.41, 5.74) is 2.89. The summed E-state index contributed by atoms with van der Waals surface area (Å²) in [6.45, 7) is 0. The average Bonchev–Trinajstić information content (AvgIpc) is 3.29. The van der Waals surface area contributed by atoms with Crippen LogP contribution in [0, 0.1) is 20.9 Å². The third kappa shape index (κ3) is 2.32. The summed E-state index contributed by atoms with van der Waals surface area (Å²) in [5.74, 6) is 0. The standard InChI is InChI=1S/C24H15BrS2/c25-19-13-18-23-17(11-12-26-23)21-20-15(10-9-14-5-2-1-3-6-14)7-4-8-16(20)22(21)24(18)27-19/h1-8,11-13H,9-10H2. The van der Waals surface area contributed by atoms with E-state index < -0.39 is 0 Å². The number of fused-ring (bicyclic) bond motifs is 7. The first-order chi connectivity index (χ1) is 13.3. The predicted molar refractivity (Wildman–Crippen MR) is 121 cm³/mol. The van der Waals surface area contributed by atoms with Crippen molar-refractivity contribution < 1.29 is 0 Å². The first-order valence-corrected chi connectivity index (χ1v) is 11.6. The van der Waals surface area contributed by atoms with Gasteiger partial charge in [-0.25, -0.2) is 0 Å². The Morgan fingerprint density at radius 1 is 0.741 bits per heavy atom. The van der Waals surface area contributed by atoms with Gasteiger partial charge >= 0.3 is 0 Å². The summed E-state index contributed by atoms with van der Waals surface area (Å²) in [7, 11) is 0. The van der Waals surface area contributed by atoms with Gasteiger partial charge in [-0.3, -0.25) is 0 Å². The van der Waals surface area contributed by atoms with Gasteiger partial charge in [-0.15, -0.1) is 22.7 Å². The number of thiophene rings is 2. The fourth-order valence-corrected chi connectivity index (χ4v) is 7.03. The Morgan fingerprint density at radius 3 is 2.52 bits per heavy atom. The van der Waals surface area contributed by atoms with Crippen LogP contribution >= 0.6 is 38.6 Å². The monoisotopic (exact) mass is 446 g/mol. The van der Waals surface area contributed by atoms with Crippen molar-refractivity contribution in [2.24, 2.45) is 0 Å². The molecular weight excluding hydrogens is 432 g/mol. The molecule has 27 heavy (non-hydrogen) atoms. The minimum absolute atomic E-state index is 1.09. The molecule has 0 saturated carbocycles. The maximum atomic E-state index is 3.71. The number of benzene rings is 3. The van der Waals surface area contributed by atoms with Crippen LogP contribution < -0.4 is 0 Å². The molecule has 3 heteroatoms. The molecule has 2 heterocycles. The normalized spacial score (nSPS) is 12.2. The summed E-state index contributed by atoms with van der Waals surface area (Å²) in [5, 5.41) is 10.9. The summed E-state index contributed by atoms with van der Waals surface area (Å²) >= 11 is 7.44. The molecular formula is C24H15BrS2. The number of hydrogen-bond acceptors (Lipinski definition) is 2. The van der Waals surface area contributed by atoms with Crippen LogP contribution in [0.25, 0.3) is 20.2 Å². The average molecular weight is 447 g/mol. The maximum Gasteiger partial charge on any atom is 0.0711 e. The zero-order valence-corrected chi connectivity index (χ0v) is 17.7. The molecule has 3 aromatic carbocycles. The molecule has 1 aliphatic rings. The van der Waals surface area contributed by atoms with Crippen LogP contribution in [0.1, 0.15) is 11.1 Å². The Morgan fingerprint density at radius 2 is 1.63 bits per heavy atom. The van der Waals surface area contributed by atoms with Gasteiger partial charge in [0, 0.05) is 30.6 Å². The zero-order chi connectivity index (χ0) is 18.0. The van der Waals surface area contributed by atoms with Crippen LogP contribution in [0.4, 0.5) is 0 Å². The number of halogens is 1. The predicted octanol–water partition coefficient (Wildman–Crippen LogP) is 7.55. The van der Waals surface area contributed by atoms with Crippen molar-refractivity contribution in [1.29, 1.82) is 0 Å². The Kier molecular flexibility index (Phi) is 3.59.